The third kappa shape index (κ3) is 4.07. The van der Waals surface area contributed by atoms with Crippen molar-refractivity contribution in [3.05, 3.63) is 53.4 Å². The quantitative estimate of drug-likeness (QED) is 0.440. The van der Waals surface area contributed by atoms with Crippen molar-refractivity contribution in [2.45, 2.75) is 26.7 Å². The lowest BCUT2D eigenvalue weighted by molar-refractivity contribution is -0.129. The summed E-state index contributed by atoms with van der Waals surface area (Å²) in [6.07, 6.45) is 5.25. The van der Waals surface area contributed by atoms with Crippen molar-refractivity contribution in [1.29, 1.82) is 0 Å². The zero-order chi connectivity index (χ0) is 14.4. The van der Waals surface area contributed by atoms with Gasteiger partial charge >= 0.3 is 5.97 Å². The summed E-state index contributed by atoms with van der Waals surface area (Å²) in [6, 6.07) is 11.8. The minimum atomic E-state index is -0.321. The number of carbonyl (C=O) groups excluding carboxylic acids is 1. The van der Waals surface area contributed by atoms with Gasteiger partial charge in [0.25, 0.3) is 0 Å². The summed E-state index contributed by atoms with van der Waals surface area (Å²) in [5, 5.41) is 0. The van der Waals surface area contributed by atoms with Gasteiger partial charge in [-0.1, -0.05) is 19.4 Å². The van der Waals surface area contributed by atoms with Crippen LogP contribution >= 0.6 is 11.3 Å². The van der Waals surface area contributed by atoms with Crippen LogP contribution in [0.3, 0.4) is 0 Å². The third-order valence-corrected chi connectivity index (χ3v) is 3.86. The number of esters is 1. The van der Waals surface area contributed by atoms with Gasteiger partial charge < -0.3 is 4.74 Å². The van der Waals surface area contributed by atoms with E-state index in [1.54, 1.807) is 11.3 Å². The number of ether oxygens (including phenoxy) is 1. The van der Waals surface area contributed by atoms with E-state index in [2.05, 4.69) is 26.0 Å². The fraction of sp³-hybridized carbons (Fsp3) is 0.235. The van der Waals surface area contributed by atoms with Crippen LogP contribution in [0.15, 0.2) is 48.6 Å². The number of aryl methyl sites for hydroxylation is 1. The largest absolute Gasteiger partial charge is 0.423 e. The Hall–Kier alpha value is -1.87. The Balaban J connectivity index is 2.00. The lowest BCUT2D eigenvalue weighted by Crippen LogP contribution is -2.03. The molecule has 1 heterocycles. The fourth-order valence-corrected chi connectivity index (χ4v) is 2.65. The van der Waals surface area contributed by atoms with E-state index in [-0.39, 0.29) is 5.97 Å². The number of thiophene rings is 1. The minimum absolute atomic E-state index is 0.321. The van der Waals surface area contributed by atoms with Crippen LogP contribution in [0.25, 0.3) is 10.4 Å². The molecule has 3 heteroatoms. The predicted octanol–water partition coefficient (Wildman–Crippen LogP) is 4.99. The van der Waals surface area contributed by atoms with Gasteiger partial charge in [0.05, 0.1) is 0 Å². The molecule has 0 radical (unpaired) electrons. The Morgan fingerprint density at radius 3 is 2.55 bits per heavy atom. The van der Waals surface area contributed by atoms with Gasteiger partial charge in [0.2, 0.25) is 0 Å². The summed E-state index contributed by atoms with van der Waals surface area (Å²) in [5.41, 5.74) is 1.14. The second-order valence-corrected chi connectivity index (χ2v) is 5.83. The third-order valence-electron chi connectivity index (χ3n) is 2.81. The van der Waals surface area contributed by atoms with Gasteiger partial charge in [-0.05, 0) is 55.3 Å². The molecule has 0 unspecified atom stereocenters. The molecule has 0 bridgehead atoms. The first kappa shape index (κ1) is 14.5. The van der Waals surface area contributed by atoms with Crippen LogP contribution < -0.4 is 4.74 Å². The first-order valence-electron chi connectivity index (χ1n) is 6.74. The van der Waals surface area contributed by atoms with E-state index >= 15 is 0 Å². The molecule has 1 aromatic carbocycles. The zero-order valence-corrected chi connectivity index (χ0v) is 12.6. The lowest BCUT2D eigenvalue weighted by atomic mass is 10.2. The summed E-state index contributed by atoms with van der Waals surface area (Å²) in [6.45, 7) is 4.16. The van der Waals surface area contributed by atoms with Crippen molar-refractivity contribution < 1.29 is 9.53 Å². The van der Waals surface area contributed by atoms with E-state index in [1.807, 2.05) is 30.3 Å². The molecule has 0 aliphatic rings. The van der Waals surface area contributed by atoms with Gasteiger partial charge in [0.1, 0.15) is 5.75 Å². The average molecular weight is 286 g/mol. The Kier molecular flexibility index (Phi) is 5.13. The van der Waals surface area contributed by atoms with Gasteiger partial charge in [0.15, 0.2) is 0 Å². The molecule has 20 heavy (non-hydrogen) atoms. The standard InChI is InChI=1S/C17H18O2S/c1-3-4-5-6-17(18)19-15-10-8-14(9-11-15)16-12-7-13(2)20-16/h5-12H,3-4H2,1-2H3. The summed E-state index contributed by atoms with van der Waals surface area (Å²) >= 11 is 1.76. The molecule has 104 valence electrons. The Morgan fingerprint density at radius 2 is 1.95 bits per heavy atom. The number of allylic oxidation sites excluding steroid dienone is 1. The normalized spacial score (nSPS) is 10.9. The first-order chi connectivity index (χ1) is 9.69. The monoisotopic (exact) mass is 286 g/mol. The summed E-state index contributed by atoms with van der Waals surface area (Å²) in [7, 11) is 0. The van der Waals surface area contributed by atoms with Crippen LogP contribution in [0.1, 0.15) is 24.6 Å². The van der Waals surface area contributed by atoms with Crippen LogP contribution in [0.2, 0.25) is 0 Å². The van der Waals surface area contributed by atoms with Crippen molar-refractivity contribution in [3.8, 4) is 16.2 Å². The van der Waals surface area contributed by atoms with Gasteiger partial charge in [-0.25, -0.2) is 4.79 Å². The van der Waals surface area contributed by atoms with E-state index in [0.29, 0.717) is 5.75 Å². The van der Waals surface area contributed by atoms with Gasteiger partial charge in [-0.15, -0.1) is 11.3 Å². The maximum Gasteiger partial charge on any atom is 0.335 e. The molecule has 2 nitrogen and oxygen atoms in total. The van der Waals surface area contributed by atoms with Crippen molar-refractivity contribution >= 4 is 17.3 Å². The summed E-state index contributed by atoms with van der Waals surface area (Å²) < 4.78 is 5.23. The van der Waals surface area contributed by atoms with Crippen LogP contribution in [0.5, 0.6) is 5.75 Å². The van der Waals surface area contributed by atoms with E-state index in [4.69, 9.17) is 4.74 Å². The fourth-order valence-electron chi connectivity index (χ4n) is 1.77. The molecule has 0 N–H and O–H groups in total. The molecule has 2 aromatic rings. The predicted molar refractivity (Wildman–Crippen MR) is 84.2 cm³/mol. The molecule has 2 rings (SSSR count). The number of hydrogen-bond donors (Lipinski definition) is 0. The highest BCUT2D eigenvalue weighted by Crippen LogP contribution is 2.28. The Labute approximate surface area is 123 Å². The van der Waals surface area contributed by atoms with Crippen LogP contribution in [0, 0.1) is 6.92 Å². The molecule has 0 atom stereocenters. The number of hydrogen-bond acceptors (Lipinski definition) is 3. The molecule has 1 aromatic heterocycles. The van der Waals surface area contributed by atoms with Gasteiger partial charge in [-0.3, -0.25) is 0 Å². The average Bonchev–Trinajstić information content (AvgIpc) is 2.86. The molecule has 0 saturated carbocycles. The highest BCUT2D eigenvalue weighted by molar-refractivity contribution is 7.15. The number of unbranched alkanes of at least 4 members (excludes halogenated alkanes) is 1. The maximum absolute atomic E-state index is 11.5. The summed E-state index contributed by atoms with van der Waals surface area (Å²) in [5.74, 6) is 0.256. The van der Waals surface area contributed by atoms with E-state index in [1.165, 1.54) is 15.8 Å². The smallest absolute Gasteiger partial charge is 0.335 e. The molecular weight excluding hydrogens is 268 g/mol. The van der Waals surface area contributed by atoms with E-state index in [0.717, 1.165) is 18.4 Å². The number of benzene rings is 1. The number of rotatable bonds is 5. The van der Waals surface area contributed by atoms with Crippen LogP contribution in [-0.4, -0.2) is 5.97 Å². The van der Waals surface area contributed by atoms with Gasteiger partial charge in [0, 0.05) is 15.8 Å². The van der Waals surface area contributed by atoms with Crippen molar-refractivity contribution in [2.75, 3.05) is 0 Å². The van der Waals surface area contributed by atoms with E-state index in [9.17, 15) is 4.79 Å². The molecule has 0 amide bonds. The van der Waals surface area contributed by atoms with Crippen LogP contribution in [-0.2, 0) is 4.79 Å². The van der Waals surface area contributed by atoms with Crippen molar-refractivity contribution in [2.24, 2.45) is 0 Å². The molecule has 0 aliphatic carbocycles. The Bertz CT molecular complexity index is 594. The zero-order valence-electron chi connectivity index (χ0n) is 11.8. The first-order valence-corrected chi connectivity index (χ1v) is 7.56. The summed E-state index contributed by atoms with van der Waals surface area (Å²) in [4.78, 5) is 14.1. The van der Waals surface area contributed by atoms with Crippen molar-refractivity contribution in [3.63, 3.8) is 0 Å². The minimum Gasteiger partial charge on any atom is -0.423 e. The molecule has 0 aliphatic heterocycles. The highest BCUT2D eigenvalue weighted by atomic mass is 32.1. The van der Waals surface area contributed by atoms with Gasteiger partial charge in [-0.2, -0.15) is 0 Å². The second kappa shape index (κ2) is 7.06. The number of carbonyl (C=O) groups is 1. The highest BCUT2D eigenvalue weighted by Gasteiger charge is 2.03. The molecule has 0 fully saturated rings. The molecule has 0 saturated heterocycles. The SMILES string of the molecule is CCCC=CC(=O)Oc1ccc(-c2ccc(C)s2)cc1. The Morgan fingerprint density at radius 1 is 1.20 bits per heavy atom. The maximum atomic E-state index is 11.5. The molecular formula is C17H18O2S. The van der Waals surface area contributed by atoms with Crippen molar-refractivity contribution in [1.82, 2.24) is 0 Å². The second-order valence-electron chi connectivity index (χ2n) is 4.55. The topological polar surface area (TPSA) is 26.3 Å². The van der Waals surface area contributed by atoms with Crippen LogP contribution in [0.4, 0.5) is 0 Å². The molecule has 0 spiro atoms. The lowest BCUT2D eigenvalue weighted by Gasteiger charge is -2.02. The van der Waals surface area contributed by atoms with E-state index < -0.39 is 0 Å².